The summed E-state index contributed by atoms with van der Waals surface area (Å²) >= 11 is 6.36. The van der Waals surface area contributed by atoms with Gasteiger partial charge in [-0.2, -0.15) is 5.01 Å². The minimum atomic E-state index is -0.813. The van der Waals surface area contributed by atoms with Gasteiger partial charge in [-0.15, -0.1) is 0 Å². The molecule has 2 bridgehead atoms. The van der Waals surface area contributed by atoms with Gasteiger partial charge in [0.2, 0.25) is 0 Å². The number of non-ortho nitro benzene ring substituents is 1. The molecule has 0 N–H and O–H groups in total. The largest absolute Gasteiger partial charge is 0.292 e. The van der Waals surface area contributed by atoms with E-state index in [0.717, 1.165) is 38.3 Å². The number of carbonyl (C=O) groups is 4. The van der Waals surface area contributed by atoms with E-state index in [2.05, 4.69) is 0 Å². The Bertz CT molecular complexity index is 1770. The van der Waals surface area contributed by atoms with Crippen LogP contribution < -0.4 is 0 Å². The minimum absolute atomic E-state index is 0.000949. The Morgan fingerprint density at radius 2 is 1.28 bits per heavy atom. The van der Waals surface area contributed by atoms with Gasteiger partial charge in [0.05, 0.1) is 27.3 Å². The highest BCUT2D eigenvalue weighted by Crippen LogP contribution is 2.61. The lowest BCUT2D eigenvalue weighted by Crippen LogP contribution is -2.52. The van der Waals surface area contributed by atoms with E-state index in [4.69, 9.17) is 11.6 Å². The monoisotopic (exact) mass is 591 g/mol. The van der Waals surface area contributed by atoms with Crippen molar-refractivity contribution >= 4 is 40.8 Å². The van der Waals surface area contributed by atoms with Crippen molar-refractivity contribution in [3.8, 4) is 0 Å². The Balaban J connectivity index is 1.33. The smallest absolute Gasteiger partial charge is 0.274 e. The second-order valence-corrected chi connectivity index (χ2v) is 11.2. The molecule has 0 radical (unpaired) electrons. The molecule has 0 aromatic heterocycles. The molecule has 3 amide bonds. The number of halogens is 1. The summed E-state index contributed by atoms with van der Waals surface area (Å²) in [6.45, 7) is -0.711. The minimum Gasteiger partial charge on any atom is -0.292 e. The third kappa shape index (κ3) is 3.99. The zero-order valence-electron chi connectivity index (χ0n) is 22.4. The quantitative estimate of drug-likeness (QED) is 0.129. The van der Waals surface area contributed by atoms with E-state index >= 15 is 0 Å². The zero-order valence-corrected chi connectivity index (χ0v) is 23.2. The molecule has 4 aliphatic rings. The number of nitro benzene ring substituents is 1. The molecule has 4 aromatic rings. The average Bonchev–Trinajstić information content (AvgIpc) is 3.29. The van der Waals surface area contributed by atoms with Crippen LogP contribution in [0.5, 0.6) is 0 Å². The summed E-state index contributed by atoms with van der Waals surface area (Å²) in [5.74, 6) is -5.04. The van der Waals surface area contributed by atoms with Crippen LogP contribution in [-0.4, -0.2) is 45.0 Å². The van der Waals surface area contributed by atoms with Crippen LogP contribution in [0.2, 0.25) is 5.02 Å². The number of nitrogens with zero attached hydrogens (tertiary/aromatic N) is 3. The van der Waals surface area contributed by atoms with Gasteiger partial charge in [0.25, 0.3) is 23.4 Å². The predicted molar refractivity (Wildman–Crippen MR) is 155 cm³/mol. The van der Waals surface area contributed by atoms with Crippen molar-refractivity contribution in [1.29, 1.82) is 0 Å². The molecule has 9 nitrogen and oxygen atoms in total. The maximum absolute atomic E-state index is 14.4. The number of ketones is 1. The summed E-state index contributed by atoms with van der Waals surface area (Å²) in [6, 6.07) is 26.7. The van der Waals surface area contributed by atoms with E-state index in [-0.39, 0.29) is 21.8 Å². The molecule has 0 spiro atoms. The van der Waals surface area contributed by atoms with Gasteiger partial charge in [0.15, 0.2) is 5.78 Å². The van der Waals surface area contributed by atoms with Crippen molar-refractivity contribution in [2.75, 3.05) is 6.54 Å². The summed E-state index contributed by atoms with van der Waals surface area (Å²) in [5.41, 5.74) is 3.52. The first-order valence-electron chi connectivity index (χ1n) is 13.7. The highest BCUT2D eigenvalue weighted by atomic mass is 35.5. The topological polar surface area (TPSA) is 118 Å². The van der Waals surface area contributed by atoms with Crippen molar-refractivity contribution in [2.24, 2.45) is 11.8 Å². The Labute approximate surface area is 250 Å². The van der Waals surface area contributed by atoms with Gasteiger partial charge in [0, 0.05) is 29.5 Å². The molecule has 4 aromatic carbocycles. The van der Waals surface area contributed by atoms with E-state index in [1.165, 1.54) is 30.3 Å². The van der Waals surface area contributed by atoms with Gasteiger partial charge in [-0.1, -0.05) is 84.4 Å². The average molecular weight is 592 g/mol. The molecule has 3 aliphatic carbocycles. The van der Waals surface area contributed by atoms with Crippen LogP contribution in [0.4, 0.5) is 5.69 Å². The summed E-state index contributed by atoms with van der Waals surface area (Å²) in [6.07, 6.45) is 0. The SMILES string of the molecule is O=C(CN(C(=O)c1ccccc1Cl)N1C(=O)[C@H]2C3c4ccccc4C(c4ccccc43)[C@@H]2C1=O)c1cccc([N+](=O)[O-])c1. The number of amides is 3. The van der Waals surface area contributed by atoms with Gasteiger partial charge < -0.3 is 0 Å². The first-order chi connectivity index (χ1) is 20.8. The molecular formula is C33H22ClN3O6. The highest BCUT2D eigenvalue weighted by molar-refractivity contribution is 6.34. The van der Waals surface area contributed by atoms with Crippen LogP contribution in [-0.2, 0) is 9.59 Å². The van der Waals surface area contributed by atoms with Gasteiger partial charge in [-0.3, -0.25) is 29.3 Å². The Hall–Kier alpha value is -5.15. The maximum Gasteiger partial charge on any atom is 0.274 e. The molecule has 1 fully saturated rings. The van der Waals surface area contributed by atoms with Gasteiger partial charge in [-0.25, -0.2) is 5.01 Å². The van der Waals surface area contributed by atoms with E-state index in [1.54, 1.807) is 12.1 Å². The van der Waals surface area contributed by atoms with Crippen LogP contribution in [0, 0.1) is 22.0 Å². The number of benzene rings is 4. The maximum atomic E-state index is 14.4. The third-order valence-electron chi connectivity index (χ3n) is 8.68. The first kappa shape index (κ1) is 26.7. The summed E-state index contributed by atoms with van der Waals surface area (Å²) in [4.78, 5) is 67.0. The van der Waals surface area contributed by atoms with Crippen molar-refractivity contribution in [3.63, 3.8) is 0 Å². The van der Waals surface area contributed by atoms with Crippen LogP contribution in [0.15, 0.2) is 97.1 Å². The third-order valence-corrected chi connectivity index (χ3v) is 9.01. The molecule has 2 atom stereocenters. The number of Topliss-reactive ketones (excluding diaryl/α,β-unsaturated/α-hetero) is 1. The van der Waals surface area contributed by atoms with Crippen LogP contribution in [0.1, 0.15) is 54.8 Å². The molecule has 212 valence electrons. The summed E-state index contributed by atoms with van der Waals surface area (Å²) in [7, 11) is 0. The Morgan fingerprint density at radius 3 is 1.79 bits per heavy atom. The number of imide groups is 1. The molecule has 1 aliphatic heterocycles. The fourth-order valence-electron chi connectivity index (χ4n) is 6.93. The number of rotatable bonds is 6. The number of hydrogen-bond acceptors (Lipinski definition) is 6. The number of hydrazine groups is 1. The number of carbonyl (C=O) groups excluding carboxylic acids is 4. The van der Waals surface area contributed by atoms with Crippen molar-refractivity contribution < 1.29 is 24.1 Å². The van der Waals surface area contributed by atoms with E-state index < -0.39 is 58.6 Å². The van der Waals surface area contributed by atoms with Gasteiger partial charge >= 0.3 is 0 Å². The number of nitro groups is 1. The predicted octanol–water partition coefficient (Wildman–Crippen LogP) is 5.38. The molecule has 0 saturated carbocycles. The van der Waals surface area contributed by atoms with Gasteiger partial charge in [-0.05, 0) is 34.4 Å². The second kappa shape index (κ2) is 9.99. The molecule has 43 heavy (non-hydrogen) atoms. The molecule has 0 unspecified atom stereocenters. The van der Waals surface area contributed by atoms with Crippen molar-refractivity contribution in [2.45, 2.75) is 11.8 Å². The summed E-state index contributed by atoms with van der Waals surface area (Å²) in [5, 5.41) is 13.1. The van der Waals surface area contributed by atoms with Crippen LogP contribution in [0.3, 0.4) is 0 Å². The van der Waals surface area contributed by atoms with E-state index in [1.807, 2.05) is 48.5 Å². The molecule has 10 heteroatoms. The Kier molecular flexibility index (Phi) is 6.21. The fourth-order valence-corrected chi connectivity index (χ4v) is 7.14. The van der Waals surface area contributed by atoms with Gasteiger partial charge in [0.1, 0.15) is 6.54 Å². The van der Waals surface area contributed by atoms with Crippen LogP contribution in [0.25, 0.3) is 0 Å². The normalized spacial score (nSPS) is 21.2. The standard InChI is InChI=1S/C33H22ClN3O6/c34-25-15-6-5-14-24(25)31(39)35(17-26(38)18-8-7-9-19(16-18)37(42)43)36-32(40)29-27-20-10-1-2-11-21(20)28(30(29)33(36)41)23-13-4-3-12-22(23)27/h1-16,27-30H,17H2/t27?,28?,29-,30-/m0/s1. The lowest BCUT2D eigenvalue weighted by Gasteiger charge is -2.45. The second-order valence-electron chi connectivity index (χ2n) is 10.8. The van der Waals surface area contributed by atoms with E-state index in [0.29, 0.717) is 0 Å². The zero-order chi connectivity index (χ0) is 30.0. The molecule has 1 saturated heterocycles. The molecular weight excluding hydrogens is 570 g/mol. The Morgan fingerprint density at radius 1 is 0.767 bits per heavy atom. The van der Waals surface area contributed by atoms with Crippen LogP contribution >= 0.6 is 11.6 Å². The first-order valence-corrected chi connectivity index (χ1v) is 14.0. The van der Waals surface area contributed by atoms with Crippen molar-refractivity contribution in [1.82, 2.24) is 10.0 Å². The highest BCUT2D eigenvalue weighted by Gasteiger charge is 2.63. The van der Waals surface area contributed by atoms with E-state index in [9.17, 15) is 29.3 Å². The lowest BCUT2D eigenvalue weighted by atomic mass is 9.55. The fraction of sp³-hybridized carbons (Fsp3) is 0.152. The molecule has 1 heterocycles. The van der Waals surface area contributed by atoms with Crippen molar-refractivity contribution in [3.05, 3.63) is 146 Å². The summed E-state index contributed by atoms with van der Waals surface area (Å²) < 4.78 is 0. The molecule has 8 rings (SSSR count). The lowest BCUT2D eigenvalue weighted by molar-refractivity contribution is -0.384. The number of hydrogen-bond donors (Lipinski definition) is 0.